The molecule has 0 bridgehead atoms. The Morgan fingerprint density at radius 2 is 1.62 bits per heavy atom. The summed E-state index contributed by atoms with van der Waals surface area (Å²) < 4.78 is 0. The lowest BCUT2D eigenvalue weighted by Crippen LogP contribution is -2.35. The Hall–Kier alpha value is -2.53. The van der Waals surface area contributed by atoms with Gasteiger partial charge in [-0.15, -0.1) is 0 Å². The molecule has 1 aliphatic carbocycles. The van der Waals surface area contributed by atoms with Crippen molar-refractivity contribution in [2.45, 2.75) is 31.7 Å². The molecule has 0 saturated heterocycles. The highest BCUT2D eigenvalue weighted by Crippen LogP contribution is 2.45. The number of nitrogens with one attached hydrogen (secondary N) is 1. The number of benzene rings is 3. The van der Waals surface area contributed by atoms with E-state index in [4.69, 9.17) is 39.9 Å². The molecule has 0 aromatic heterocycles. The summed E-state index contributed by atoms with van der Waals surface area (Å²) in [6, 6.07) is 22.4. The van der Waals surface area contributed by atoms with Gasteiger partial charge in [-0.2, -0.15) is 5.10 Å². The van der Waals surface area contributed by atoms with Crippen LogP contribution in [-0.2, 0) is 6.42 Å². The number of hydrogen-bond donors (Lipinski definition) is 1. The molecule has 0 radical (unpaired) electrons. The lowest BCUT2D eigenvalue weighted by atomic mass is 9.73. The predicted octanol–water partition coefficient (Wildman–Crippen LogP) is 8.25. The fourth-order valence-corrected chi connectivity index (χ4v) is 5.52. The Bertz CT molecular complexity index is 1210. The molecule has 1 fully saturated rings. The Morgan fingerprint density at radius 1 is 0.912 bits per heavy atom. The maximum absolute atomic E-state index is 13.4. The maximum atomic E-state index is 13.4. The summed E-state index contributed by atoms with van der Waals surface area (Å²) in [5, 5.41) is 11.5. The highest BCUT2D eigenvalue weighted by atomic mass is 35.5. The fourth-order valence-electron chi connectivity index (χ4n) is 5.08. The van der Waals surface area contributed by atoms with E-state index >= 15 is 0 Å². The first-order valence-electron chi connectivity index (χ1n) is 11.4. The number of rotatable bonds is 4. The zero-order chi connectivity index (χ0) is 23.7. The van der Waals surface area contributed by atoms with Crippen molar-refractivity contribution < 1.29 is 4.79 Å². The van der Waals surface area contributed by atoms with Gasteiger partial charge in [-0.25, -0.2) is 9.80 Å². The third kappa shape index (κ3) is 4.95. The molecule has 174 valence electrons. The monoisotopic (exact) mass is 511 g/mol. The summed E-state index contributed by atoms with van der Waals surface area (Å²) in [7, 11) is 0. The quantitative estimate of drug-likeness (QED) is 0.376. The van der Waals surface area contributed by atoms with Gasteiger partial charge in [0.25, 0.3) is 0 Å². The van der Waals surface area contributed by atoms with Gasteiger partial charge in [-0.05, 0) is 72.9 Å². The normalized spacial score (nSPS) is 21.7. The molecule has 7 heteroatoms. The zero-order valence-corrected chi connectivity index (χ0v) is 20.7. The number of carbonyl (C=O) groups excluding carboxylic acids is 1. The summed E-state index contributed by atoms with van der Waals surface area (Å²) in [4.78, 5) is 13.4. The number of fused-ring (bicyclic) bond motifs is 1. The van der Waals surface area contributed by atoms with Gasteiger partial charge < -0.3 is 5.32 Å². The van der Waals surface area contributed by atoms with Crippen LogP contribution in [0.25, 0.3) is 0 Å². The highest BCUT2D eigenvalue weighted by molar-refractivity contribution is 6.31. The highest BCUT2D eigenvalue weighted by Gasteiger charge is 2.45. The number of amides is 2. The van der Waals surface area contributed by atoms with Crippen LogP contribution in [-0.4, -0.2) is 16.8 Å². The molecule has 3 aromatic carbocycles. The largest absolute Gasteiger partial charge is 0.342 e. The maximum Gasteiger partial charge on any atom is 0.342 e. The summed E-state index contributed by atoms with van der Waals surface area (Å²) in [6.07, 6.45) is 4.01. The first-order chi connectivity index (χ1) is 16.5. The van der Waals surface area contributed by atoms with E-state index in [9.17, 15) is 4.79 Å². The van der Waals surface area contributed by atoms with Crippen LogP contribution in [0.3, 0.4) is 0 Å². The van der Waals surface area contributed by atoms with Gasteiger partial charge in [-0.1, -0.05) is 71.6 Å². The van der Waals surface area contributed by atoms with Gasteiger partial charge in [0.05, 0.1) is 6.04 Å². The molecule has 4 nitrogen and oxygen atoms in total. The van der Waals surface area contributed by atoms with Crippen molar-refractivity contribution in [3.8, 4) is 0 Å². The first-order valence-corrected chi connectivity index (χ1v) is 12.6. The number of hydrogen-bond acceptors (Lipinski definition) is 2. The standard InChI is InChI=1S/C27H24Cl3N3O/c28-20-11-7-17(8-12-20)15-19-3-1-6-24-25(19)32-33(26(24)18-9-13-21(29)14-10-18)27(34)31-23-5-2-4-22(30)16-23/h2,4-5,7-14,16,19,24,26H,1,3,6,15H2,(H,31,34)/t19-,24-,26+/m0/s1. The Morgan fingerprint density at radius 3 is 2.32 bits per heavy atom. The van der Waals surface area contributed by atoms with Crippen LogP contribution in [0.5, 0.6) is 0 Å². The van der Waals surface area contributed by atoms with E-state index in [0.29, 0.717) is 15.7 Å². The Kier molecular flexibility index (Phi) is 6.82. The van der Waals surface area contributed by atoms with Crippen molar-refractivity contribution in [2.24, 2.45) is 16.9 Å². The van der Waals surface area contributed by atoms with Gasteiger partial charge in [0.1, 0.15) is 0 Å². The molecule has 3 aromatic rings. The van der Waals surface area contributed by atoms with Gasteiger partial charge in [0.2, 0.25) is 0 Å². The van der Waals surface area contributed by atoms with Crippen LogP contribution in [0.4, 0.5) is 10.5 Å². The van der Waals surface area contributed by atoms with E-state index in [1.807, 2.05) is 48.5 Å². The minimum absolute atomic E-state index is 0.164. The van der Waals surface area contributed by atoms with Gasteiger partial charge >= 0.3 is 6.03 Å². The molecular formula is C27H24Cl3N3O. The van der Waals surface area contributed by atoms with Crippen LogP contribution in [0, 0.1) is 11.8 Å². The van der Waals surface area contributed by atoms with Crippen LogP contribution in [0.1, 0.15) is 36.4 Å². The summed E-state index contributed by atoms with van der Waals surface area (Å²) in [5.74, 6) is 0.441. The molecule has 1 aliphatic heterocycles. The Balaban J connectivity index is 1.47. The van der Waals surface area contributed by atoms with E-state index in [2.05, 4.69) is 17.4 Å². The molecule has 34 heavy (non-hydrogen) atoms. The number of carbonyl (C=O) groups is 1. The second-order valence-electron chi connectivity index (χ2n) is 8.87. The molecule has 5 rings (SSSR count). The zero-order valence-electron chi connectivity index (χ0n) is 18.4. The third-order valence-electron chi connectivity index (χ3n) is 6.62. The van der Waals surface area contributed by atoms with Crippen LogP contribution in [0.2, 0.25) is 15.1 Å². The van der Waals surface area contributed by atoms with Crippen molar-refractivity contribution in [1.29, 1.82) is 0 Å². The predicted molar refractivity (Wildman–Crippen MR) is 140 cm³/mol. The van der Waals surface area contributed by atoms with Gasteiger partial charge in [0.15, 0.2) is 0 Å². The van der Waals surface area contributed by atoms with Crippen molar-refractivity contribution in [1.82, 2.24) is 5.01 Å². The lowest BCUT2D eigenvalue weighted by molar-refractivity contribution is 0.187. The summed E-state index contributed by atoms with van der Waals surface area (Å²) in [5.41, 5.74) is 3.99. The van der Waals surface area contributed by atoms with Crippen molar-refractivity contribution in [3.05, 3.63) is 99.0 Å². The number of nitrogens with zero attached hydrogens (tertiary/aromatic N) is 2. The summed E-state index contributed by atoms with van der Waals surface area (Å²) >= 11 is 18.4. The molecule has 3 atom stereocenters. The van der Waals surface area contributed by atoms with E-state index in [-0.39, 0.29) is 23.9 Å². The van der Waals surface area contributed by atoms with Crippen LogP contribution in [0.15, 0.2) is 77.9 Å². The number of urea groups is 1. The fraction of sp³-hybridized carbons (Fsp3) is 0.259. The van der Waals surface area contributed by atoms with E-state index in [1.165, 1.54) is 5.56 Å². The Labute approximate surface area is 214 Å². The second kappa shape index (κ2) is 9.99. The van der Waals surface area contributed by atoms with Gasteiger partial charge in [-0.3, -0.25) is 0 Å². The van der Waals surface area contributed by atoms with Crippen molar-refractivity contribution >= 4 is 52.2 Å². The first kappa shape index (κ1) is 23.2. The summed E-state index contributed by atoms with van der Waals surface area (Å²) in [6.45, 7) is 0. The van der Waals surface area contributed by atoms with Crippen LogP contribution >= 0.6 is 34.8 Å². The smallest absolute Gasteiger partial charge is 0.306 e. The van der Waals surface area contributed by atoms with E-state index in [1.54, 1.807) is 17.1 Å². The number of anilines is 1. The SMILES string of the molecule is O=C(Nc1cccc(Cl)c1)N1N=C2[C@H](Cc3ccc(Cl)cc3)CCC[C@@H]2[C@H]1c1ccc(Cl)cc1. The molecule has 2 amide bonds. The van der Waals surface area contributed by atoms with E-state index in [0.717, 1.165) is 42.0 Å². The topological polar surface area (TPSA) is 44.7 Å². The van der Waals surface area contributed by atoms with Crippen molar-refractivity contribution in [3.63, 3.8) is 0 Å². The molecule has 2 aliphatic rings. The molecule has 0 unspecified atom stereocenters. The number of hydrazone groups is 1. The molecule has 1 heterocycles. The second-order valence-corrected chi connectivity index (χ2v) is 10.2. The molecule has 1 saturated carbocycles. The third-order valence-corrected chi connectivity index (χ3v) is 7.36. The minimum atomic E-state index is -0.269. The molecular weight excluding hydrogens is 489 g/mol. The van der Waals surface area contributed by atoms with E-state index < -0.39 is 0 Å². The average Bonchev–Trinajstić information content (AvgIpc) is 3.22. The van der Waals surface area contributed by atoms with Gasteiger partial charge in [0, 0.05) is 38.3 Å². The average molecular weight is 513 g/mol. The minimum Gasteiger partial charge on any atom is -0.306 e. The van der Waals surface area contributed by atoms with Crippen molar-refractivity contribution in [2.75, 3.05) is 5.32 Å². The lowest BCUT2D eigenvalue weighted by Gasteiger charge is -2.32. The van der Waals surface area contributed by atoms with Crippen LogP contribution < -0.4 is 5.32 Å². The molecule has 0 spiro atoms. The molecule has 1 N–H and O–H groups in total. The number of halogens is 3.